The normalized spacial score (nSPS) is 14.9. The highest BCUT2D eigenvalue weighted by Crippen LogP contribution is 2.10. The molecule has 0 spiro atoms. The number of hydrogen-bond acceptors (Lipinski definition) is 3. The Balaban J connectivity index is 2.51. The van der Waals surface area contributed by atoms with E-state index in [0.29, 0.717) is 6.04 Å². The summed E-state index contributed by atoms with van der Waals surface area (Å²) in [5, 5.41) is 11.3. The second-order valence-corrected chi connectivity index (χ2v) is 4.43. The summed E-state index contributed by atoms with van der Waals surface area (Å²) in [6.07, 6.45) is 2.65. The molecule has 1 heterocycles. The largest absolute Gasteiger partial charge is 0.366 e. The van der Waals surface area contributed by atoms with Gasteiger partial charge in [-0.15, -0.1) is 16.7 Å². The first kappa shape index (κ1) is 11.2. The number of hydrogen-bond donors (Lipinski definition) is 1. The van der Waals surface area contributed by atoms with E-state index in [0.717, 1.165) is 17.8 Å². The van der Waals surface area contributed by atoms with E-state index >= 15 is 0 Å². The Morgan fingerprint density at radius 2 is 2.21 bits per heavy atom. The molecule has 0 saturated heterocycles. The average molecular weight is 214 g/mol. The second-order valence-electron chi connectivity index (χ2n) is 3.68. The van der Waals surface area contributed by atoms with Crippen molar-refractivity contribution in [3.63, 3.8) is 0 Å². The predicted molar refractivity (Wildman–Crippen MR) is 59.8 cm³/mol. The van der Waals surface area contributed by atoms with Crippen molar-refractivity contribution in [3.05, 3.63) is 17.8 Å². The molecule has 1 aromatic rings. The van der Waals surface area contributed by atoms with E-state index in [1.165, 1.54) is 0 Å². The van der Waals surface area contributed by atoms with Gasteiger partial charge in [0.2, 0.25) is 0 Å². The molecule has 0 aliphatic heterocycles. The van der Waals surface area contributed by atoms with Gasteiger partial charge in [0.05, 0.1) is 6.20 Å². The minimum atomic E-state index is 0.176. The third kappa shape index (κ3) is 3.92. The van der Waals surface area contributed by atoms with Crippen molar-refractivity contribution in [3.8, 4) is 0 Å². The molecule has 3 nitrogen and oxygen atoms in total. The van der Waals surface area contributed by atoms with Gasteiger partial charge in [-0.25, -0.2) is 0 Å². The van der Waals surface area contributed by atoms with E-state index in [2.05, 4.69) is 22.4 Å². The van der Waals surface area contributed by atoms with Crippen LogP contribution in [0.2, 0.25) is 0 Å². The minimum Gasteiger partial charge on any atom is -0.366 e. The molecule has 0 aromatic carbocycles. The zero-order valence-electron chi connectivity index (χ0n) is 8.79. The van der Waals surface area contributed by atoms with Crippen LogP contribution in [0.25, 0.3) is 0 Å². The monoisotopic (exact) mass is 213 g/mol. The van der Waals surface area contributed by atoms with E-state index in [1.807, 2.05) is 19.9 Å². The van der Waals surface area contributed by atoms with Gasteiger partial charge in [-0.2, -0.15) is 5.10 Å². The van der Waals surface area contributed by atoms with Crippen molar-refractivity contribution in [1.82, 2.24) is 10.2 Å². The Labute approximate surface area is 89.9 Å². The molecule has 1 N–H and O–H groups in total. The highest BCUT2D eigenvalue weighted by Gasteiger charge is 2.06. The molecule has 4 heteroatoms. The first-order valence-corrected chi connectivity index (χ1v) is 5.21. The summed E-state index contributed by atoms with van der Waals surface area (Å²) in [6.45, 7) is 6.07. The fourth-order valence-electron chi connectivity index (χ4n) is 1.33. The number of aryl methyl sites for hydroxylation is 1. The molecule has 2 unspecified atom stereocenters. The number of aromatic nitrogens is 2. The number of nitrogens with one attached hydrogen (secondary N) is 1. The molecule has 14 heavy (non-hydrogen) atoms. The Morgan fingerprint density at radius 3 is 2.79 bits per heavy atom. The van der Waals surface area contributed by atoms with Crippen molar-refractivity contribution in [2.24, 2.45) is 0 Å². The van der Waals surface area contributed by atoms with Gasteiger partial charge in [-0.3, -0.25) is 0 Å². The molecule has 0 fully saturated rings. The van der Waals surface area contributed by atoms with Crippen molar-refractivity contribution in [1.29, 1.82) is 0 Å². The Morgan fingerprint density at radius 1 is 1.50 bits per heavy atom. The van der Waals surface area contributed by atoms with Crippen LogP contribution in [-0.2, 0) is 0 Å². The summed E-state index contributed by atoms with van der Waals surface area (Å²) < 4.78 is 0. The van der Waals surface area contributed by atoms with Crippen LogP contribution >= 0.6 is 11.6 Å². The SMILES string of the molecule is Cc1cnnc(NC(C)CC(C)Cl)c1. The minimum absolute atomic E-state index is 0.176. The fourth-order valence-corrected chi connectivity index (χ4v) is 1.60. The van der Waals surface area contributed by atoms with Crippen molar-refractivity contribution >= 4 is 17.4 Å². The van der Waals surface area contributed by atoms with Gasteiger partial charge in [0, 0.05) is 11.4 Å². The van der Waals surface area contributed by atoms with Crippen LogP contribution in [0, 0.1) is 6.92 Å². The average Bonchev–Trinajstić information content (AvgIpc) is 2.01. The smallest absolute Gasteiger partial charge is 0.149 e. The summed E-state index contributed by atoms with van der Waals surface area (Å²) in [5.74, 6) is 0.815. The van der Waals surface area contributed by atoms with Gasteiger partial charge in [0.25, 0.3) is 0 Å². The molecule has 0 bridgehead atoms. The Hall–Kier alpha value is -0.830. The molecular formula is C10H16ClN3. The maximum Gasteiger partial charge on any atom is 0.149 e. The quantitative estimate of drug-likeness (QED) is 0.782. The number of anilines is 1. The zero-order valence-corrected chi connectivity index (χ0v) is 9.54. The van der Waals surface area contributed by atoms with Crippen LogP contribution < -0.4 is 5.32 Å². The van der Waals surface area contributed by atoms with Gasteiger partial charge < -0.3 is 5.32 Å². The molecule has 0 radical (unpaired) electrons. The van der Waals surface area contributed by atoms with Crippen LogP contribution in [0.5, 0.6) is 0 Å². The lowest BCUT2D eigenvalue weighted by atomic mass is 10.2. The van der Waals surface area contributed by atoms with Crippen LogP contribution in [0.4, 0.5) is 5.82 Å². The highest BCUT2D eigenvalue weighted by atomic mass is 35.5. The topological polar surface area (TPSA) is 37.8 Å². The van der Waals surface area contributed by atoms with Gasteiger partial charge in [0.1, 0.15) is 5.82 Å². The zero-order chi connectivity index (χ0) is 10.6. The van der Waals surface area contributed by atoms with E-state index in [4.69, 9.17) is 11.6 Å². The van der Waals surface area contributed by atoms with Gasteiger partial charge in [0.15, 0.2) is 0 Å². The van der Waals surface area contributed by atoms with Crippen LogP contribution in [0.15, 0.2) is 12.3 Å². The summed E-state index contributed by atoms with van der Waals surface area (Å²) >= 11 is 5.89. The maximum absolute atomic E-state index is 5.89. The lowest BCUT2D eigenvalue weighted by molar-refractivity contribution is 0.691. The van der Waals surface area contributed by atoms with E-state index < -0.39 is 0 Å². The van der Waals surface area contributed by atoms with Crippen molar-refractivity contribution in [2.45, 2.75) is 38.6 Å². The first-order chi connectivity index (χ1) is 6.58. The molecule has 2 atom stereocenters. The Bertz CT molecular complexity index is 288. The molecule has 1 aromatic heterocycles. The van der Waals surface area contributed by atoms with Crippen LogP contribution in [0.3, 0.4) is 0 Å². The van der Waals surface area contributed by atoms with Crippen molar-refractivity contribution in [2.75, 3.05) is 5.32 Å². The lowest BCUT2D eigenvalue weighted by Gasteiger charge is -2.15. The second kappa shape index (κ2) is 5.15. The van der Waals surface area contributed by atoms with Crippen LogP contribution in [-0.4, -0.2) is 21.6 Å². The lowest BCUT2D eigenvalue weighted by Crippen LogP contribution is -2.19. The van der Waals surface area contributed by atoms with E-state index in [9.17, 15) is 0 Å². The summed E-state index contributed by atoms with van der Waals surface area (Å²) in [4.78, 5) is 0. The van der Waals surface area contributed by atoms with Crippen LogP contribution in [0.1, 0.15) is 25.8 Å². The molecular weight excluding hydrogens is 198 g/mol. The van der Waals surface area contributed by atoms with Gasteiger partial charge in [-0.1, -0.05) is 0 Å². The highest BCUT2D eigenvalue weighted by molar-refractivity contribution is 6.20. The van der Waals surface area contributed by atoms with E-state index in [-0.39, 0.29) is 5.38 Å². The predicted octanol–water partition coefficient (Wildman–Crippen LogP) is 2.60. The molecule has 78 valence electrons. The maximum atomic E-state index is 5.89. The summed E-state index contributed by atoms with van der Waals surface area (Å²) in [7, 11) is 0. The first-order valence-electron chi connectivity index (χ1n) is 4.78. The Kier molecular flexibility index (Phi) is 4.14. The number of rotatable bonds is 4. The number of nitrogens with zero attached hydrogens (tertiary/aromatic N) is 2. The van der Waals surface area contributed by atoms with E-state index in [1.54, 1.807) is 6.20 Å². The molecule has 0 saturated carbocycles. The number of halogens is 1. The molecule has 0 aliphatic carbocycles. The molecule has 1 rings (SSSR count). The van der Waals surface area contributed by atoms with Crippen molar-refractivity contribution < 1.29 is 0 Å². The fraction of sp³-hybridized carbons (Fsp3) is 0.600. The van der Waals surface area contributed by atoms with Gasteiger partial charge in [-0.05, 0) is 38.8 Å². The third-order valence-corrected chi connectivity index (χ3v) is 2.04. The van der Waals surface area contributed by atoms with Gasteiger partial charge >= 0.3 is 0 Å². The third-order valence-electron chi connectivity index (χ3n) is 1.86. The molecule has 0 amide bonds. The molecule has 0 aliphatic rings. The summed E-state index contributed by atoms with van der Waals surface area (Å²) in [5.41, 5.74) is 1.11. The standard InChI is InChI=1S/C10H16ClN3/c1-7-4-10(14-12-6-7)13-9(3)5-8(2)11/h4,6,8-9H,5H2,1-3H3,(H,13,14). The summed E-state index contributed by atoms with van der Waals surface area (Å²) in [6, 6.07) is 2.29. The number of alkyl halides is 1.